The highest BCUT2D eigenvalue weighted by atomic mass is 32.2. The molecule has 0 amide bonds. The molecule has 0 aliphatic carbocycles. The van der Waals surface area contributed by atoms with Crippen LogP contribution in [0.25, 0.3) is 0 Å². The molecule has 1 aliphatic rings. The van der Waals surface area contributed by atoms with Crippen LogP contribution in [0.5, 0.6) is 0 Å². The van der Waals surface area contributed by atoms with Crippen LogP contribution >= 0.6 is 0 Å². The summed E-state index contributed by atoms with van der Waals surface area (Å²) < 4.78 is 32.3. The molecule has 0 saturated carbocycles. The van der Waals surface area contributed by atoms with Gasteiger partial charge in [0, 0.05) is 25.2 Å². The van der Waals surface area contributed by atoms with Gasteiger partial charge in [-0.1, -0.05) is 6.07 Å². The maximum absolute atomic E-state index is 12.3. The van der Waals surface area contributed by atoms with E-state index in [4.69, 9.17) is 4.42 Å². The van der Waals surface area contributed by atoms with Crippen LogP contribution in [0, 0.1) is 0 Å². The highest BCUT2D eigenvalue weighted by Crippen LogP contribution is 2.25. The van der Waals surface area contributed by atoms with E-state index < -0.39 is 10.0 Å². The van der Waals surface area contributed by atoms with Crippen molar-refractivity contribution in [2.24, 2.45) is 0 Å². The van der Waals surface area contributed by atoms with Crippen molar-refractivity contribution >= 4 is 15.7 Å². The molecule has 21 heavy (non-hydrogen) atoms. The van der Waals surface area contributed by atoms with Crippen molar-refractivity contribution in [3.8, 4) is 0 Å². The van der Waals surface area contributed by atoms with Crippen LogP contribution in [0.3, 0.4) is 0 Å². The van der Waals surface area contributed by atoms with E-state index in [0.29, 0.717) is 17.9 Å². The van der Waals surface area contributed by atoms with E-state index in [0.717, 1.165) is 30.8 Å². The maximum Gasteiger partial charge on any atom is 0.240 e. The number of sulfonamides is 1. The van der Waals surface area contributed by atoms with Crippen molar-refractivity contribution in [3.63, 3.8) is 0 Å². The van der Waals surface area contributed by atoms with E-state index in [1.165, 1.54) is 5.56 Å². The number of aryl methyl sites for hydroxylation is 1. The number of hydrogen-bond acceptors (Lipinski definition) is 4. The van der Waals surface area contributed by atoms with Crippen LogP contribution in [-0.2, 0) is 22.9 Å². The molecule has 0 radical (unpaired) electrons. The zero-order chi connectivity index (χ0) is 14.7. The second-order valence-electron chi connectivity index (χ2n) is 5.08. The molecule has 1 aromatic heterocycles. The van der Waals surface area contributed by atoms with Crippen molar-refractivity contribution < 1.29 is 12.8 Å². The number of rotatable bonds is 5. The Hall–Kier alpha value is -1.79. The fourth-order valence-corrected chi connectivity index (χ4v) is 3.51. The second kappa shape index (κ2) is 5.91. The summed E-state index contributed by atoms with van der Waals surface area (Å²) in [5, 5.41) is 3.25. The van der Waals surface area contributed by atoms with E-state index in [9.17, 15) is 8.42 Å². The van der Waals surface area contributed by atoms with Crippen LogP contribution in [0.4, 0.5) is 5.69 Å². The van der Waals surface area contributed by atoms with Gasteiger partial charge in [-0.25, -0.2) is 13.1 Å². The van der Waals surface area contributed by atoms with Gasteiger partial charge in [0.2, 0.25) is 10.0 Å². The third kappa shape index (κ3) is 3.28. The average molecular weight is 306 g/mol. The van der Waals surface area contributed by atoms with Crippen LogP contribution in [0.1, 0.15) is 17.7 Å². The molecule has 6 heteroatoms. The molecule has 1 aliphatic heterocycles. The monoisotopic (exact) mass is 306 g/mol. The summed E-state index contributed by atoms with van der Waals surface area (Å²) in [5.41, 5.74) is 2.10. The quantitative estimate of drug-likeness (QED) is 0.888. The Bertz CT molecular complexity index is 709. The van der Waals surface area contributed by atoms with Crippen molar-refractivity contribution in [2.75, 3.05) is 18.4 Å². The van der Waals surface area contributed by atoms with Gasteiger partial charge in [0.15, 0.2) is 0 Å². The standard InChI is InChI=1S/C15H18N2O3S/c18-21(19,17-9-7-13-4-2-10-20-13)14-6-5-12-3-1-8-16-15(12)11-14/h2,4-6,10-11,16-17H,1,3,7-9H2. The number of hydrogen-bond donors (Lipinski definition) is 2. The van der Waals surface area contributed by atoms with Crippen LogP contribution in [0.15, 0.2) is 45.9 Å². The van der Waals surface area contributed by atoms with Crippen LogP contribution < -0.4 is 10.0 Å². The number of fused-ring (bicyclic) bond motifs is 1. The first-order valence-corrected chi connectivity index (χ1v) is 8.52. The van der Waals surface area contributed by atoms with E-state index in [2.05, 4.69) is 10.0 Å². The van der Waals surface area contributed by atoms with E-state index in [1.807, 2.05) is 12.1 Å². The zero-order valence-corrected chi connectivity index (χ0v) is 12.4. The lowest BCUT2D eigenvalue weighted by atomic mass is 10.0. The van der Waals surface area contributed by atoms with Gasteiger partial charge in [0.05, 0.1) is 11.2 Å². The topological polar surface area (TPSA) is 71.3 Å². The highest BCUT2D eigenvalue weighted by Gasteiger charge is 2.17. The minimum Gasteiger partial charge on any atom is -0.469 e. The molecule has 2 N–H and O–H groups in total. The van der Waals surface area contributed by atoms with Gasteiger partial charge in [-0.05, 0) is 42.7 Å². The molecule has 5 nitrogen and oxygen atoms in total. The molecule has 0 bridgehead atoms. The fourth-order valence-electron chi connectivity index (χ4n) is 2.45. The normalized spacial score (nSPS) is 14.5. The summed E-state index contributed by atoms with van der Waals surface area (Å²) in [4.78, 5) is 0.301. The van der Waals surface area contributed by atoms with Gasteiger partial charge in [0.25, 0.3) is 0 Å². The summed E-state index contributed by atoms with van der Waals surface area (Å²) in [6.45, 7) is 1.21. The predicted octanol–water partition coefficient (Wildman–Crippen LogP) is 2.16. The summed E-state index contributed by atoms with van der Waals surface area (Å²) in [5.74, 6) is 0.768. The van der Waals surface area contributed by atoms with Crippen LogP contribution in [-0.4, -0.2) is 21.5 Å². The van der Waals surface area contributed by atoms with Gasteiger partial charge in [-0.3, -0.25) is 0 Å². The molecule has 2 heterocycles. The first kappa shape index (κ1) is 14.2. The van der Waals surface area contributed by atoms with Gasteiger partial charge in [0.1, 0.15) is 5.76 Å². The minimum absolute atomic E-state index is 0.301. The van der Waals surface area contributed by atoms with Crippen molar-refractivity contribution in [1.82, 2.24) is 4.72 Å². The summed E-state index contributed by atoms with van der Waals surface area (Å²) in [7, 11) is -3.48. The Morgan fingerprint density at radius 1 is 1.29 bits per heavy atom. The third-order valence-electron chi connectivity index (χ3n) is 3.57. The van der Waals surface area contributed by atoms with E-state index >= 15 is 0 Å². The Morgan fingerprint density at radius 2 is 2.19 bits per heavy atom. The summed E-state index contributed by atoms with van der Waals surface area (Å²) in [6, 6.07) is 8.89. The molecular formula is C15H18N2O3S. The Balaban J connectivity index is 1.69. The Labute approximate surface area is 124 Å². The molecule has 112 valence electrons. The first-order valence-electron chi connectivity index (χ1n) is 7.04. The van der Waals surface area contributed by atoms with Crippen molar-refractivity contribution in [1.29, 1.82) is 0 Å². The molecule has 0 unspecified atom stereocenters. The van der Waals surface area contributed by atoms with Crippen LogP contribution in [0.2, 0.25) is 0 Å². The highest BCUT2D eigenvalue weighted by molar-refractivity contribution is 7.89. The smallest absolute Gasteiger partial charge is 0.240 e. The molecule has 0 atom stereocenters. The third-order valence-corrected chi connectivity index (χ3v) is 5.03. The summed E-state index contributed by atoms with van der Waals surface area (Å²) in [6.07, 6.45) is 4.20. The van der Waals surface area contributed by atoms with Crippen molar-refractivity contribution in [3.05, 3.63) is 47.9 Å². The molecule has 1 aromatic carbocycles. The first-order chi connectivity index (χ1) is 10.1. The molecule has 0 fully saturated rings. The lowest BCUT2D eigenvalue weighted by Gasteiger charge is -2.18. The Morgan fingerprint density at radius 3 is 3.00 bits per heavy atom. The largest absolute Gasteiger partial charge is 0.469 e. The fraction of sp³-hybridized carbons (Fsp3) is 0.333. The average Bonchev–Trinajstić information content (AvgIpc) is 3.00. The van der Waals surface area contributed by atoms with E-state index in [1.54, 1.807) is 24.5 Å². The SMILES string of the molecule is O=S(=O)(NCCc1ccco1)c1ccc2c(c1)NCCC2. The number of benzene rings is 1. The van der Waals surface area contributed by atoms with Gasteiger partial charge in [-0.15, -0.1) is 0 Å². The number of anilines is 1. The lowest BCUT2D eigenvalue weighted by molar-refractivity contribution is 0.506. The molecular weight excluding hydrogens is 288 g/mol. The summed E-state index contributed by atoms with van der Waals surface area (Å²) >= 11 is 0. The maximum atomic E-state index is 12.3. The van der Waals surface area contributed by atoms with Crippen molar-refractivity contribution in [2.45, 2.75) is 24.2 Å². The number of furan rings is 1. The van der Waals surface area contributed by atoms with E-state index in [-0.39, 0.29) is 0 Å². The minimum atomic E-state index is -3.48. The zero-order valence-electron chi connectivity index (χ0n) is 11.6. The molecule has 0 saturated heterocycles. The van der Waals surface area contributed by atoms with Gasteiger partial charge < -0.3 is 9.73 Å². The molecule has 3 rings (SSSR count). The van der Waals surface area contributed by atoms with Gasteiger partial charge in [-0.2, -0.15) is 0 Å². The lowest BCUT2D eigenvalue weighted by Crippen LogP contribution is -2.26. The number of nitrogens with one attached hydrogen (secondary N) is 2. The van der Waals surface area contributed by atoms with Gasteiger partial charge >= 0.3 is 0 Å². The Kier molecular flexibility index (Phi) is 3.98. The second-order valence-corrected chi connectivity index (χ2v) is 6.84. The molecule has 0 spiro atoms. The molecule has 2 aromatic rings. The predicted molar refractivity (Wildman–Crippen MR) is 80.9 cm³/mol.